The van der Waals surface area contributed by atoms with E-state index >= 15 is 0 Å². The predicted molar refractivity (Wildman–Crippen MR) is 69.7 cm³/mol. The van der Waals surface area contributed by atoms with Crippen LogP contribution >= 0.6 is 0 Å². The highest BCUT2D eigenvalue weighted by Crippen LogP contribution is 2.09. The quantitative estimate of drug-likeness (QED) is 0.738. The van der Waals surface area contributed by atoms with Crippen LogP contribution in [0.25, 0.3) is 5.65 Å². The summed E-state index contributed by atoms with van der Waals surface area (Å²) < 4.78 is 11.4. The lowest BCUT2D eigenvalue weighted by Gasteiger charge is -2.03. The lowest BCUT2D eigenvalue weighted by molar-refractivity contribution is 0.0948. The summed E-state index contributed by atoms with van der Waals surface area (Å²) in [5.41, 5.74) is 0.954. The molecule has 0 saturated carbocycles. The Kier molecular flexibility index (Phi) is 3.22. The molecule has 0 radical (unpaired) electrons. The lowest BCUT2D eigenvalue weighted by Crippen LogP contribution is -2.24. The van der Waals surface area contributed by atoms with Crippen LogP contribution in [0.15, 0.2) is 22.9 Å². The highest BCUT2D eigenvalue weighted by atomic mass is 16.5. The van der Waals surface area contributed by atoms with E-state index in [1.807, 2.05) is 0 Å². The number of methoxy groups -OCH3 is 1. The molecule has 0 unspecified atom stereocenters. The van der Waals surface area contributed by atoms with Gasteiger partial charge in [-0.15, -0.1) is 15.3 Å². The van der Waals surface area contributed by atoms with E-state index in [0.29, 0.717) is 28.7 Å². The van der Waals surface area contributed by atoms with E-state index in [9.17, 15) is 4.79 Å². The van der Waals surface area contributed by atoms with Crippen LogP contribution in [0.5, 0.6) is 5.88 Å². The Morgan fingerprint density at radius 1 is 1.43 bits per heavy atom. The van der Waals surface area contributed by atoms with E-state index < -0.39 is 0 Å². The first-order valence-corrected chi connectivity index (χ1v) is 6.14. The van der Waals surface area contributed by atoms with Crippen molar-refractivity contribution in [3.8, 4) is 5.88 Å². The Morgan fingerprint density at radius 3 is 3.00 bits per heavy atom. The number of carbonyl (C=O) groups excluding carboxylic acids is 1. The van der Waals surface area contributed by atoms with Crippen LogP contribution in [0.3, 0.4) is 0 Å². The number of rotatable bonds is 4. The summed E-state index contributed by atoms with van der Waals surface area (Å²) in [5.74, 6) is 1.09. The molecule has 108 valence electrons. The van der Waals surface area contributed by atoms with Gasteiger partial charge in [0, 0.05) is 6.07 Å². The third-order valence-electron chi connectivity index (χ3n) is 2.91. The lowest BCUT2D eigenvalue weighted by atomic mass is 10.2. The Labute approximate surface area is 118 Å². The van der Waals surface area contributed by atoms with Gasteiger partial charge in [-0.3, -0.25) is 4.79 Å². The van der Waals surface area contributed by atoms with E-state index in [4.69, 9.17) is 9.26 Å². The molecule has 0 saturated heterocycles. The number of aryl methyl sites for hydroxylation is 1. The second kappa shape index (κ2) is 5.19. The van der Waals surface area contributed by atoms with E-state index in [0.717, 1.165) is 0 Å². The molecule has 1 amide bonds. The van der Waals surface area contributed by atoms with Crippen molar-refractivity contribution in [1.82, 2.24) is 30.3 Å². The van der Waals surface area contributed by atoms with Gasteiger partial charge in [0.1, 0.15) is 11.3 Å². The number of hydrogen-bond acceptors (Lipinski definition) is 7. The smallest absolute Gasteiger partial charge is 0.256 e. The average molecular weight is 288 g/mol. The standard InChI is InChI=1S/C12H12N6O3/c1-7-8(5-14-21-7)12(19)13-6-10-16-15-9-3-4-11(20-2)17-18(9)10/h3-5H,6H2,1-2H3,(H,13,19). The Balaban J connectivity index is 1.79. The maximum atomic E-state index is 12.0. The summed E-state index contributed by atoms with van der Waals surface area (Å²) in [5, 5.41) is 18.4. The van der Waals surface area contributed by atoms with Gasteiger partial charge in [0.15, 0.2) is 11.5 Å². The third kappa shape index (κ3) is 2.40. The van der Waals surface area contributed by atoms with Crippen molar-refractivity contribution in [2.24, 2.45) is 0 Å². The van der Waals surface area contributed by atoms with Crippen molar-refractivity contribution in [1.29, 1.82) is 0 Å². The van der Waals surface area contributed by atoms with Crippen LogP contribution < -0.4 is 10.1 Å². The van der Waals surface area contributed by atoms with Gasteiger partial charge >= 0.3 is 0 Å². The van der Waals surface area contributed by atoms with Crippen LogP contribution in [-0.2, 0) is 6.54 Å². The number of fused-ring (bicyclic) bond motifs is 1. The summed E-state index contributed by atoms with van der Waals surface area (Å²) in [6, 6.07) is 3.42. The first kappa shape index (κ1) is 13.0. The number of hydrogen-bond donors (Lipinski definition) is 1. The molecular weight excluding hydrogens is 276 g/mol. The van der Waals surface area contributed by atoms with Gasteiger partial charge in [0.05, 0.1) is 19.9 Å². The first-order valence-electron chi connectivity index (χ1n) is 6.14. The van der Waals surface area contributed by atoms with Crippen molar-refractivity contribution in [2.45, 2.75) is 13.5 Å². The minimum Gasteiger partial charge on any atom is -0.480 e. The van der Waals surface area contributed by atoms with Gasteiger partial charge in [-0.25, -0.2) is 0 Å². The zero-order valence-corrected chi connectivity index (χ0v) is 11.4. The van der Waals surface area contributed by atoms with Gasteiger partial charge in [0.2, 0.25) is 5.88 Å². The summed E-state index contributed by atoms with van der Waals surface area (Å²) in [7, 11) is 1.52. The zero-order valence-electron chi connectivity index (χ0n) is 11.4. The van der Waals surface area contributed by atoms with Crippen LogP contribution in [0.2, 0.25) is 0 Å². The molecule has 9 heteroatoms. The summed E-state index contributed by atoms with van der Waals surface area (Å²) in [4.78, 5) is 12.0. The monoisotopic (exact) mass is 288 g/mol. The summed E-state index contributed by atoms with van der Waals surface area (Å²) >= 11 is 0. The first-order chi connectivity index (χ1) is 10.2. The number of carbonyl (C=O) groups is 1. The molecule has 3 aromatic rings. The van der Waals surface area contributed by atoms with E-state index in [1.165, 1.54) is 17.8 Å². The number of nitrogens with zero attached hydrogens (tertiary/aromatic N) is 5. The minimum atomic E-state index is -0.298. The SMILES string of the molecule is COc1ccc2nnc(CNC(=O)c3cnoc3C)n2n1. The van der Waals surface area contributed by atoms with Crippen molar-refractivity contribution < 1.29 is 14.1 Å². The predicted octanol–water partition coefficient (Wildman–Crippen LogP) is 0.359. The van der Waals surface area contributed by atoms with Crippen molar-refractivity contribution in [2.75, 3.05) is 7.11 Å². The van der Waals surface area contributed by atoms with Crippen LogP contribution in [0.4, 0.5) is 0 Å². The molecule has 1 N–H and O–H groups in total. The zero-order chi connectivity index (χ0) is 14.8. The average Bonchev–Trinajstić information content (AvgIpc) is 3.10. The van der Waals surface area contributed by atoms with Gasteiger partial charge in [-0.05, 0) is 13.0 Å². The Morgan fingerprint density at radius 2 is 2.29 bits per heavy atom. The molecule has 0 bridgehead atoms. The molecule has 0 fully saturated rings. The number of ether oxygens (including phenoxy) is 1. The molecule has 3 rings (SSSR count). The molecule has 0 aromatic carbocycles. The van der Waals surface area contributed by atoms with Gasteiger partial charge in [-0.2, -0.15) is 4.52 Å². The Hall–Kier alpha value is -2.97. The summed E-state index contributed by atoms with van der Waals surface area (Å²) in [6.45, 7) is 1.84. The fourth-order valence-corrected chi connectivity index (χ4v) is 1.81. The number of amides is 1. The van der Waals surface area contributed by atoms with Crippen LogP contribution in [0, 0.1) is 6.92 Å². The topological polar surface area (TPSA) is 107 Å². The highest BCUT2D eigenvalue weighted by Gasteiger charge is 2.14. The fraction of sp³-hybridized carbons (Fsp3) is 0.250. The highest BCUT2D eigenvalue weighted by molar-refractivity contribution is 5.94. The number of nitrogens with one attached hydrogen (secondary N) is 1. The molecule has 0 aliphatic rings. The van der Waals surface area contributed by atoms with Crippen molar-refractivity contribution in [3.05, 3.63) is 35.5 Å². The van der Waals surface area contributed by atoms with Crippen LogP contribution in [0.1, 0.15) is 21.9 Å². The van der Waals surface area contributed by atoms with Gasteiger partial charge < -0.3 is 14.6 Å². The summed E-state index contributed by atoms with van der Waals surface area (Å²) in [6.07, 6.45) is 1.37. The molecule has 0 atom stereocenters. The molecule has 0 spiro atoms. The molecule has 3 heterocycles. The maximum absolute atomic E-state index is 12.0. The van der Waals surface area contributed by atoms with Crippen molar-refractivity contribution in [3.63, 3.8) is 0 Å². The van der Waals surface area contributed by atoms with E-state index in [1.54, 1.807) is 19.1 Å². The second-order valence-electron chi connectivity index (χ2n) is 4.24. The fourth-order valence-electron chi connectivity index (χ4n) is 1.81. The normalized spacial score (nSPS) is 10.8. The van der Waals surface area contributed by atoms with E-state index in [2.05, 4.69) is 25.8 Å². The minimum absolute atomic E-state index is 0.171. The molecule has 9 nitrogen and oxygen atoms in total. The van der Waals surface area contributed by atoms with E-state index in [-0.39, 0.29) is 12.5 Å². The van der Waals surface area contributed by atoms with Gasteiger partial charge in [0.25, 0.3) is 5.91 Å². The van der Waals surface area contributed by atoms with Crippen LogP contribution in [-0.4, -0.2) is 38.0 Å². The molecule has 0 aliphatic carbocycles. The maximum Gasteiger partial charge on any atom is 0.256 e. The van der Waals surface area contributed by atoms with Crippen molar-refractivity contribution >= 4 is 11.6 Å². The third-order valence-corrected chi connectivity index (χ3v) is 2.91. The second-order valence-corrected chi connectivity index (χ2v) is 4.24. The molecule has 0 aliphatic heterocycles. The largest absolute Gasteiger partial charge is 0.480 e. The number of aromatic nitrogens is 5. The molecular formula is C12H12N6O3. The molecule has 3 aromatic heterocycles. The van der Waals surface area contributed by atoms with Gasteiger partial charge in [-0.1, -0.05) is 5.16 Å². The molecule has 21 heavy (non-hydrogen) atoms. The Bertz CT molecular complexity index is 793.